The molecule has 0 aromatic heterocycles. The Bertz CT molecular complexity index is 3940. The molecule has 464 valence electrons. The standard InChI is InChI=1S/C25H27NO5S.C24H24ClNO4S.C19H23NO4S/c1-31-21-15-17-22(18-16-21)32(29,30)26-24-14-8-6-12-20(24)11-4-2-3-9-19-10-5-7-13-23(19)25(27)28;25-20-14-16-21(17-15-20)31(29,30)26-23-13-7-5-11-19(23)10-3-1-2-8-18-9-4-6-12-22(18)24(27)28;1-25(23,24)20-18-14-8-6-12-16(18)11-4-2-3-9-15-10-5-7-13-17(15)19(21)22/h5-8,10,12-18,26H,2-4,9,11H2,1H3,(H,27,28);4-7,9,11-17,26H,1-3,8,10H2,(H,27,28);5-8,10,12-14,20H,2-4,9,11H2,1H3,(H,21,22). The fourth-order valence-electron chi connectivity index (χ4n) is 9.75. The number of halogens is 1. The van der Waals surface area contributed by atoms with Gasteiger partial charge in [0.05, 0.1) is 56.9 Å². The highest BCUT2D eigenvalue weighted by atomic mass is 35.5. The summed E-state index contributed by atoms with van der Waals surface area (Å²) in [4.78, 5) is 34.1. The van der Waals surface area contributed by atoms with Crippen molar-refractivity contribution in [2.24, 2.45) is 0 Å². The zero-order chi connectivity index (χ0) is 63.5. The molecular formula is C68H74ClN3O13S3. The van der Waals surface area contributed by atoms with Crippen molar-refractivity contribution >= 4 is 76.6 Å². The molecule has 0 aliphatic rings. The molecule has 0 aliphatic heterocycles. The van der Waals surface area contributed by atoms with Crippen LogP contribution in [-0.2, 0) is 68.6 Å². The number of rotatable bonds is 30. The number of aromatic carboxylic acids is 3. The Kier molecular flexibility index (Phi) is 26.6. The molecule has 0 spiro atoms. The SMILES string of the molecule is COc1ccc(S(=O)(=O)Nc2ccccc2CCCCCc2ccccc2C(=O)O)cc1.CS(=O)(=O)Nc1ccccc1CCCCCc1ccccc1C(=O)O.O=C(O)c1ccccc1CCCCCc1ccccc1NS(=O)(=O)c1ccc(Cl)cc1. The number of anilines is 3. The highest BCUT2D eigenvalue weighted by Gasteiger charge is 2.19. The number of carboxylic acids is 3. The van der Waals surface area contributed by atoms with Crippen LogP contribution >= 0.6 is 11.6 Å². The van der Waals surface area contributed by atoms with E-state index in [1.165, 1.54) is 31.4 Å². The summed E-state index contributed by atoms with van der Waals surface area (Å²) in [5, 5.41) is 28.2. The summed E-state index contributed by atoms with van der Waals surface area (Å²) in [6.07, 6.45) is 13.5. The van der Waals surface area contributed by atoms with Gasteiger partial charge in [0.2, 0.25) is 10.0 Å². The summed E-state index contributed by atoms with van der Waals surface area (Å²) in [7, 11) is -9.17. The molecule has 0 bridgehead atoms. The Balaban J connectivity index is 0.000000212. The van der Waals surface area contributed by atoms with E-state index in [1.54, 1.807) is 97.1 Å². The predicted octanol–water partition coefficient (Wildman–Crippen LogP) is 14.7. The minimum atomic E-state index is -3.71. The van der Waals surface area contributed by atoms with Crippen molar-refractivity contribution in [1.29, 1.82) is 0 Å². The number of hydrogen-bond donors (Lipinski definition) is 6. The first-order chi connectivity index (χ1) is 42.1. The number of nitrogens with one attached hydrogen (secondary N) is 3. The van der Waals surface area contributed by atoms with Crippen molar-refractivity contribution in [1.82, 2.24) is 0 Å². The largest absolute Gasteiger partial charge is 0.497 e. The Morgan fingerprint density at radius 2 is 0.625 bits per heavy atom. The molecule has 0 aliphatic carbocycles. The average Bonchev–Trinajstić information content (AvgIpc) is 3.56. The summed E-state index contributed by atoms with van der Waals surface area (Å²) in [6.45, 7) is 0. The van der Waals surface area contributed by atoms with E-state index in [2.05, 4.69) is 14.2 Å². The summed E-state index contributed by atoms with van der Waals surface area (Å²) in [6, 6.07) is 55.6. The van der Waals surface area contributed by atoms with Crippen molar-refractivity contribution < 1.29 is 59.7 Å². The van der Waals surface area contributed by atoms with E-state index in [4.69, 9.17) is 16.3 Å². The van der Waals surface area contributed by atoms with Crippen LogP contribution in [0.25, 0.3) is 0 Å². The molecule has 16 nitrogen and oxygen atoms in total. The number of ether oxygens (including phenoxy) is 1. The number of carbonyl (C=O) groups is 3. The number of benzene rings is 8. The van der Waals surface area contributed by atoms with E-state index in [9.17, 15) is 55.0 Å². The molecule has 0 fully saturated rings. The zero-order valence-electron chi connectivity index (χ0n) is 49.1. The molecule has 0 heterocycles. The lowest BCUT2D eigenvalue weighted by Gasteiger charge is -2.13. The fraction of sp³-hybridized carbons (Fsp3) is 0.250. The molecule has 0 saturated carbocycles. The summed E-state index contributed by atoms with van der Waals surface area (Å²) >= 11 is 5.85. The van der Waals surface area contributed by atoms with Gasteiger partial charge in [-0.15, -0.1) is 0 Å². The Labute approximate surface area is 521 Å². The smallest absolute Gasteiger partial charge is 0.335 e. The summed E-state index contributed by atoms with van der Waals surface area (Å²) in [5.74, 6) is -2.11. The summed E-state index contributed by atoms with van der Waals surface area (Å²) < 4.78 is 86.7. The lowest BCUT2D eigenvalue weighted by atomic mass is 9.99. The average molecular weight is 1270 g/mol. The highest BCUT2D eigenvalue weighted by molar-refractivity contribution is 7.93. The molecule has 0 amide bonds. The van der Waals surface area contributed by atoms with Crippen LogP contribution < -0.4 is 18.9 Å². The van der Waals surface area contributed by atoms with Gasteiger partial charge >= 0.3 is 17.9 Å². The minimum absolute atomic E-state index is 0.156. The maximum absolute atomic E-state index is 12.8. The number of aryl methyl sites for hydroxylation is 6. The van der Waals surface area contributed by atoms with Crippen LogP contribution in [0.2, 0.25) is 5.02 Å². The highest BCUT2D eigenvalue weighted by Crippen LogP contribution is 2.27. The third-order valence-electron chi connectivity index (χ3n) is 14.2. The quantitative estimate of drug-likeness (QED) is 0.0229. The first kappa shape index (κ1) is 68.6. The lowest BCUT2D eigenvalue weighted by Crippen LogP contribution is -2.14. The van der Waals surface area contributed by atoms with Crippen molar-refractivity contribution in [3.63, 3.8) is 0 Å². The van der Waals surface area contributed by atoms with Crippen LogP contribution in [-0.4, -0.2) is 71.8 Å². The molecule has 8 aromatic carbocycles. The van der Waals surface area contributed by atoms with E-state index in [0.717, 1.165) is 123 Å². The second-order valence-electron chi connectivity index (χ2n) is 20.8. The molecule has 0 saturated heterocycles. The predicted molar refractivity (Wildman–Crippen MR) is 348 cm³/mol. The molecule has 20 heteroatoms. The van der Waals surface area contributed by atoms with E-state index in [-0.39, 0.29) is 9.79 Å². The van der Waals surface area contributed by atoms with Gasteiger partial charge in [0.25, 0.3) is 20.0 Å². The molecule has 0 radical (unpaired) electrons. The van der Waals surface area contributed by atoms with Gasteiger partial charge in [-0.1, -0.05) is 140 Å². The summed E-state index contributed by atoms with van der Waals surface area (Å²) in [5.41, 5.74) is 8.18. The van der Waals surface area contributed by atoms with Crippen molar-refractivity contribution in [2.75, 3.05) is 27.5 Å². The second kappa shape index (κ2) is 34.2. The van der Waals surface area contributed by atoms with Gasteiger partial charge in [-0.2, -0.15) is 0 Å². The third-order valence-corrected chi connectivity index (χ3v) is 17.9. The van der Waals surface area contributed by atoms with Crippen LogP contribution in [0, 0.1) is 0 Å². The van der Waals surface area contributed by atoms with Crippen LogP contribution in [0.3, 0.4) is 0 Å². The van der Waals surface area contributed by atoms with Crippen LogP contribution in [0.5, 0.6) is 5.75 Å². The number of carboxylic acid groups (broad SMARTS) is 3. The van der Waals surface area contributed by atoms with Gasteiger partial charge in [-0.05, 0) is 195 Å². The Morgan fingerprint density at radius 3 is 0.920 bits per heavy atom. The molecule has 0 atom stereocenters. The molecule has 8 rings (SSSR count). The normalized spacial score (nSPS) is 11.2. The number of sulfonamides is 3. The molecule has 6 N–H and O–H groups in total. The fourth-order valence-corrected chi connectivity index (χ4v) is 12.7. The maximum Gasteiger partial charge on any atom is 0.335 e. The monoisotopic (exact) mass is 1270 g/mol. The first-order valence-electron chi connectivity index (χ1n) is 28.7. The zero-order valence-corrected chi connectivity index (χ0v) is 52.3. The second-order valence-corrected chi connectivity index (χ2v) is 26.3. The van der Waals surface area contributed by atoms with E-state index in [1.807, 2.05) is 72.8 Å². The van der Waals surface area contributed by atoms with Crippen LogP contribution in [0.15, 0.2) is 204 Å². The minimum Gasteiger partial charge on any atom is -0.497 e. The third kappa shape index (κ3) is 22.3. The Hall–Kier alpha value is -8.49. The molecular weight excluding hydrogens is 1200 g/mol. The first-order valence-corrected chi connectivity index (χ1v) is 34.0. The molecule has 88 heavy (non-hydrogen) atoms. The maximum atomic E-state index is 12.8. The van der Waals surface area contributed by atoms with Crippen LogP contribution in [0.4, 0.5) is 17.1 Å². The van der Waals surface area contributed by atoms with Crippen LogP contribution in [0.1, 0.15) is 122 Å². The van der Waals surface area contributed by atoms with Gasteiger partial charge in [0.15, 0.2) is 0 Å². The van der Waals surface area contributed by atoms with Crippen molar-refractivity contribution in [2.45, 2.75) is 106 Å². The number of para-hydroxylation sites is 3. The number of unbranched alkanes of at least 4 members (excludes halogenated alkanes) is 6. The van der Waals surface area contributed by atoms with Gasteiger partial charge in [-0.3, -0.25) is 14.2 Å². The lowest BCUT2D eigenvalue weighted by molar-refractivity contribution is 0.0684. The van der Waals surface area contributed by atoms with Crippen molar-refractivity contribution in [3.05, 3.63) is 249 Å². The van der Waals surface area contributed by atoms with Gasteiger partial charge in [0, 0.05) is 5.02 Å². The number of hydrogen-bond acceptors (Lipinski definition) is 10. The molecule has 0 unspecified atom stereocenters. The van der Waals surface area contributed by atoms with E-state index in [0.29, 0.717) is 57.4 Å². The van der Waals surface area contributed by atoms with Gasteiger partial charge < -0.3 is 20.1 Å². The van der Waals surface area contributed by atoms with Crippen molar-refractivity contribution in [3.8, 4) is 5.75 Å². The number of methoxy groups -OCH3 is 1. The van der Waals surface area contributed by atoms with Gasteiger partial charge in [-0.25, -0.2) is 39.6 Å². The topological polar surface area (TPSA) is 260 Å². The Morgan fingerprint density at radius 1 is 0.364 bits per heavy atom. The molecule has 8 aromatic rings. The van der Waals surface area contributed by atoms with Gasteiger partial charge in [0.1, 0.15) is 5.75 Å². The van der Waals surface area contributed by atoms with E-state index >= 15 is 0 Å². The van der Waals surface area contributed by atoms with E-state index < -0.39 is 48.0 Å².